The molecule has 1 aromatic carbocycles. The zero-order chi connectivity index (χ0) is 21.4. The molecule has 7 heteroatoms. The van der Waals surface area contributed by atoms with Gasteiger partial charge in [0.2, 0.25) is 5.91 Å². The van der Waals surface area contributed by atoms with Gasteiger partial charge >= 0.3 is 0 Å². The lowest BCUT2D eigenvalue weighted by Gasteiger charge is -2.14. The number of halogens is 1. The molecule has 1 fully saturated rings. The topological polar surface area (TPSA) is 72.7 Å². The van der Waals surface area contributed by atoms with E-state index in [1.54, 1.807) is 35.4 Å². The second-order valence-electron chi connectivity index (χ2n) is 8.03. The van der Waals surface area contributed by atoms with Crippen LogP contribution in [0.4, 0.5) is 4.39 Å². The molecule has 3 heterocycles. The van der Waals surface area contributed by atoms with E-state index in [1.165, 1.54) is 25.0 Å². The zero-order valence-electron chi connectivity index (χ0n) is 17.1. The zero-order valence-corrected chi connectivity index (χ0v) is 17.1. The van der Waals surface area contributed by atoms with Crippen LogP contribution < -0.4 is 5.32 Å². The summed E-state index contributed by atoms with van der Waals surface area (Å²) in [7, 11) is 0. The molecule has 1 amide bonds. The van der Waals surface area contributed by atoms with E-state index in [4.69, 9.17) is 0 Å². The van der Waals surface area contributed by atoms with E-state index in [-0.39, 0.29) is 24.2 Å². The third kappa shape index (κ3) is 4.17. The van der Waals surface area contributed by atoms with E-state index in [1.807, 2.05) is 25.1 Å². The van der Waals surface area contributed by atoms with E-state index in [2.05, 4.69) is 20.4 Å². The van der Waals surface area contributed by atoms with Gasteiger partial charge in [0.05, 0.1) is 41.8 Å². The number of rotatable bonds is 6. The fourth-order valence-corrected chi connectivity index (χ4v) is 3.68. The van der Waals surface area contributed by atoms with Crippen molar-refractivity contribution in [3.8, 4) is 5.69 Å². The summed E-state index contributed by atoms with van der Waals surface area (Å²) in [6.07, 6.45) is 7.98. The number of carbonyl (C=O) groups is 1. The van der Waals surface area contributed by atoms with Crippen LogP contribution in [0, 0.1) is 5.82 Å². The number of aromatic nitrogens is 4. The van der Waals surface area contributed by atoms with E-state index in [0.29, 0.717) is 5.92 Å². The molecule has 0 radical (unpaired) electrons. The number of nitrogens with one attached hydrogen (secondary N) is 1. The summed E-state index contributed by atoms with van der Waals surface area (Å²) >= 11 is 0. The summed E-state index contributed by atoms with van der Waals surface area (Å²) in [4.78, 5) is 21.5. The molecule has 3 aromatic heterocycles. The van der Waals surface area contributed by atoms with Gasteiger partial charge < -0.3 is 5.32 Å². The van der Waals surface area contributed by atoms with Gasteiger partial charge in [0.1, 0.15) is 5.82 Å². The van der Waals surface area contributed by atoms with Crippen molar-refractivity contribution in [2.24, 2.45) is 0 Å². The fourth-order valence-electron chi connectivity index (χ4n) is 3.68. The molecule has 0 saturated heterocycles. The Hall–Kier alpha value is -3.61. The minimum atomic E-state index is -0.292. The van der Waals surface area contributed by atoms with Crippen molar-refractivity contribution in [2.45, 2.75) is 38.1 Å². The average Bonchev–Trinajstić information content (AvgIpc) is 3.54. The van der Waals surface area contributed by atoms with E-state index >= 15 is 0 Å². The Morgan fingerprint density at radius 3 is 2.65 bits per heavy atom. The number of hydrogen-bond donors (Lipinski definition) is 1. The average molecular weight is 415 g/mol. The number of benzene rings is 1. The molecule has 0 bridgehead atoms. The van der Waals surface area contributed by atoms with Crippen molar-refractivity contribution in [3.05, 3.63) is 83.8 Å². The minimum Gasteiger partial charge on any atom is -0.348 e. The number of carbonyl (C=O) groups excluding carboxylic acids is 1. The van der Waals surface area contributed by atoms with Crippen LogP contribution in [0.25, 0.3) is 16.6 Å². The van der Waals surface area contributed by atoms with Crippen LogP contribution in [-0.2, 0) is 11.2 Å². The molecule has 0 spiro atoms. The van der Waals surface area contributed by atoms with Crippen LogP contribution in [0.15, 0.2) is 61.1 Å². The summed E-state index contributed by atoms with van der Waals surface area (Å²) in [5, 5.41) is 8.30. The summed E-state index contributed by atoms with van der Waals surface area (Å²) < 4.78 is 14.9. The lowest BCUT2D eigenvalue weighted by molar-refractivity contribution is -0.121. The number of fused-ring (bicyclic) bond motifs is 1. The van der Waals surface area contributed by atoms with Gasteiger partial charge in [-0.25, -0.2) is 9.07 Å². The summed E-state index contributed by atoms with van der Waals surface area (Å²) in [6, 6.07) is 11.8. The second kappa shape index (κ2) is 7.91. The van der Waals surface area contributed by atoms with Crippen molar-refractivity contribution in [3.63, 3.8) is 0 Å². The van der Waals surface area contributed by atoms with Crippen molar-refractivity contribution in [1.82, 2.24) is 25.1 Å². The van der Waals surface area contributed by atoms with Crippen molar-refractivity contribution >= 4 is 16.8 Å². The first-order valence-electron chi connectivity index (χ1n) is 10.4. The number of nitrogens with zero attached hydrogens (tertiary/aromatic N) is 4. The van der Waals surface area contributed by atoms with Crippen LogP contribution in [0.1, 0.15) is 48.7 Å². The normalized spacial score (nSPS) is 14.5. The Bertz CT molecular complexity index is 1230. The third-order valence-electron chi connectivity index (χ3n) is 5.58. The van der Waals surface area contributed by atoms with Gasteiger partial charge in [-0.15, -0.1) is 0 Å². The Kier molecular flexibility index (Phi) is 4.94. The Labute approximate surface area is 179 Å². The molecular formula is C24H22FN5O. The van der Waals surface area contributed by atoms with Crippen molar-refractivity contribution < 1.29 is 9.18 Å². The first-order valence-corrected chi connectivity index (χ1v) is 10.4. The molecule has 1 aliphatic rings. The molecule has 0 aliphatic heterocycles. The molecule has 156 valence electrons. The van der Waals surface area contributed by atoms with E-state index in [9.17, 15) is 9.18 Å². The first kappa shape index (κ1) is 19.4. The monoisotopic (exact) mass is 415 g/mol. The molecule has 31 heavy (non-hydrogen) atoms. The predicted octanol–water partition coefficient (Wildman–Crippen LogP) is 4.25. The Balaban J connectivity index is 1.27. The van der Waals surface area contributed by atoms with Gasteiger partial charge in [-0.3, -0.25) is 14.8 Å². The standard InChI is InChI=1S/C24H22FN5O/c1-15(29-24(31)10-16-2-9-21(26-12-16)17-3-4-17)22-11-18-13-28-30(23(18)14-27-22)20-7-5-19(25)6-8-20/h2,5-9,11-15,17H,3-4,10H2,1H3,(H,29,31). The van der Waals surface area contributed by atoms with Crippen molar-refractivity contribution in [1.29, 1.82) is 0 Å². The quantitative estimate of drug-likeness (QED) is 0.511. The maximum Gasteiger partial charge on any atom is 0.225 e. The highest BCUT2D eigenvalue weighted by Crippen LogP contribution is 2.38. The van der Waals surface area contributed by atoms with Gasteiger partial charge in [0, 0.05) is 23.2 Å². The van der Waals surface area contributed by atoms with E-state index in [0.717, 1.165) is 33.5 Å². The minimum absolute atomic E-state index is 0.0719. The largest absolute Gasteiger partial charge is 0.348 e. The first-order chi connectivity index (χ1) is 15.1. The molecule has 6 nitrogen and oxygen atoms in total. The molecular weight excluding hydrogens is 393 g/mol. The maximum absolute atomic E-state index is 13.2. The van der Waals surface area contributed by atoms with Crippen LogP contribution in [0.5, 0.6) is 0 Å². The molecule has 1 N–H and O–H groups in total. The molecule has 1 atom stereocenters. The number of hydrogen-bond acceptors (Lipinski definition) is 4. The smallest absolute Gasteiger partial charge is 0.225 e. The fraction of sp³-hybridized carbons (Fsp3) is 0.250. The van der Waals surface area contributed by atoms with Gasteiger partial charge in [0.15, 0.2) is 0 Å². The van der Waals surface area contributed by atoms with Crippen LogP contribution >= 0.6 is 0 Å². The van der Waals surface area contributed by atoms with Gasteiger partial charge in [-0.05, 0) is 61.7 Å². The molecule has 4 aromatic rings. The Morgan fingerprint density at radius 1 is 1.13 bits per heavy atom. The Morgan fingerprint density at radius 2 is 1.94 bits per heavy atom. The van der Waals surface area contributed by atoms with Crippen LogP contribution in [0.3, 0.4) is 0 Å². The lowest BCUT2D eigenvalue weighted by Crippen LogP contribution is -2.28. The third-order valence-corrected chi connectivity index (χ3v) is 5.58. The van der Waals surface area contributed by atoms with Gasteiger partial charge in [0.25, 0.3) is 0 Å². The molecule has 1 unspecified atom stereocenters. The van der Waals surface area contributed by atoms with Crippen LogP contribution in [-0.4, -0.2) is 25.7 Å². The van der Waals surface area contributed by atoms with Gasteiger partial charge in [-0.1, -0.05) is 6.07 Å². The van der Waals surface area contributed by atoms with Crippen LogP contribution in [0.2, 0.25) is 0 Å². The highest BCUT2D eigenvalue weighted by atomic mass is 19.1. The number of amides is 1. The molecule has 5 rings (SSSR count). The van der Waals surface area contributed by atoms with Gasteiger partial charge in [-0.2, -0.15) is 5.10 Å². The predicted molar refractivity (Wildman–Crippen MR) is 115 cm³/mol. The van der Waals surface area contributed by atoms with Crippen molar-refractivity contribution in [2.75, 3.05) is 0 Å². The summed E-state index contributed by atoms with van der Waals surface area (Å²) in [6.45, 7) is 1.91. The second-order valence-corrected chi connectivity index (χ2v) is 8.03. The summed E-state index contributed by atoms with van der Waals surface area (Å²) in [5.74, 6) is 0.244. The molecule has 1 aliphatic carbocycles. The SMILES string of the molecule is CC(NC(=O)Cc1ccc(C2CC2)nc1)c1cc2cnn(-c3ccc(F)cc3)c2cn1. The molecule has 1 saturated carbocycles. The maximum atomic E-state index is 13.2. The van der Waals surface area contributed by atoms with E-state index < -0.39 is 0 Å². The number of pyridine rings is 2. The highest BCUT2D eigenvalue weighted by molar-refractivity contribution is 5.81. The lowest BCUT2D eigenvalue weighted by atomic mass is 10.1. The summed E-state index contributed by atoms with van der Waals surface area (Å²) in [5.41, 5.74) is 4.35. The highest BCUT2D eigenvalue weighted by Gasteiger charge is 2.24.